The van der Waals surface area contributed by atoms with Gasteiger partial charge in [0.15, 0.2) is 11.5 Å². The molecule has 0 atom stereocenters. The molecule has 2 rings (SSSR count). The van der Waals surface area contributed by atoms with Crippen LogP contribution < -0.4 is 5.32 Å². The molecular weight excluding hydrogens is 337 g/mol. The SMILES string of the molecule is O=C(Nc1n[nH]c(C(=O)O)c1Br)c1ccccc1Cl. The summed E-state index contributed by atoms with van der Waals surface area (Å²) in [4.78, 5) is 22.8. The number of anilines is 1. The Bertz CT molecular complexity index is 656. The molecule has 0 saturated carbocycles. The van der Waals surface area contributed by atoms with Gasteiger partial charge in [-0.05, 0) is 28.1 Å². The highest BCUT2D eigenvalue weighted by atomic mass is 79.9. The number of benzene rings is 1. The fourth-order valence-electron chi connectivity index (χ4n) is 1.37. The van der Waals surface area contributed by atoms with Crippen LogP contribution >= 0.6 is 27.5 Å². The monoisotopic (exact) mass is 343 g/mol. The third-order valence-corrected chi connectivity index (χ3v) is 3.37. The summed E-state index contributed by atoms with van der Waals surface area (Å²) < 4.78 is 0.167. The second-order valence-corrected chi connectivity index (χ2v) is 4.70. The average Bonchev–Trinajstić information content (AvgIpc) is 2.71. The lowest BCUT2D eigenvalue weighted by molar-refractivity contribution is 0.0689. The maximum absolute atomic E-state index is 11.9. The van der Waals surface area contributed by atoms with Crippen molar-refractivity contribution in [1.82, 2.24) is 10.2 Å². The van der Waals surface area contributed by atoms with E-state index in [9.17, 15) is 9.59 Å². The van der Waals surface area contributed by atoms with Gasteiger partial charge in [-0.2, -0.15) is 5.10 Å². The molecule has 0 aliphatic carbocycles. The maximum atomic E-state index is 11.9. The summed E-state index contributed by atoms with van der Waals surface area (Å²) in [6, 6.07) is 6.50. The number of halogens is 2. The molecule has 0 saturated heterocycles. The summed E-state index contributed by atoms with van der Waals surface area (Å²) in [5.41, 5.74) is 0.130. The van der Waals surface area contributed by atoms with Gasteiger partial charge in [0.25, 0.3) is 5.91 Å². The fourth-order valence-corrected chi connectivity index (χ4v) is 2.04. The van der Waals surface area contributed by atoms with Crippen LogP contribution in [0, 0.1) is 0 Å². The predicted octanol–water partition coefficient (Wildman–Crippen LogP) is 2.78. The molecule has 1 amide bonds. The van der Waals surface area contributed by atoms with Gasteiger partial charge in [-0.25, -0.2) is 4.79 Å². The van der Waals surface area contributed by atoms with Crippen molar-refractivity contribution in [1.29, 1.82) is 0 Å². The van der Waals surface area contributed by atoms with Crippen molar-refractivity contribution < 1.29 is 14.7 Å². The van der Waals surface area contributed by atoms with Crippen molar-refractivity contribution in [3.05, 3.63) is 45.0 Å². The van der Waals surface area contributed by atoms with Crippen LogP contribution in [0.4, 0.5) is 5.82 Å². The van der Waals surface area contributed by atoms with E-state index in [2.05, 4.69) is 31.4 Å². The predicted molar refractivity (Wildman–Crippen MR) is 72.7 cm³/mol. The molecule has 0 unspecified atom stereocenters. The minimum atomic E-state index is -1.18. The molecule has 1 heterocycles. The standard InChI is InChI=1S/C11H7BrClN3O3/c12-7-8(11(18)19)15-16-9(7)14-10(17)5-3-1-2-4-6(5)13/h1-4H,(H,18,19)(H2,14,15,16,17). The molecule has 98 valence electrons. The van der Waals surface area contributed by atoms with Gasteiger partial charge in [0.2, 0.25) is 0 Å². The molecule has 3 N–H and O–H groups in total. The molecule has 2 aromatic rings. The minimum Gasteiger partial charge on any atom is -0.476 e. The minimum absolute atomic E-state index is 0.0855. The Morgan fingerprint density at radius 1 is 1.37 bits per heavy atom. The number of amides is 1. The summed E-state index contributed by atoms with van der Waals surface area (Å²) in [6.07, 6.45) is 0. The summed E-state index contributed by atoms with van der Waals surface area (Å²) in [5.74, 6) is -1.57. The smallest absolute Gasteiger partial charge is 0.355 e. The Balaban J connectivity index is 2.25. The Kier molecular flexibility index (Phi) is 3.87. The van der Waals surface area contributed by atoms with Crippen LogP contribution in [0.25, 0.3) is 0 Å². The van der Waals surface area contributed by atoms with E-state index in [1.165, 1.54) is 0 Å². The molecular formula is C11H7BrClN3O3. The van der Waals surface area contributed by atoms with Crippen molar-refractivity contribution in [2.75, 3.05) is 5.32 Å². The molecule has 0 aliphatic rings. The van der Waals surface area contributed by atoms with E-state index in [1.54, 1.807) is 24.3 Å². The number of hydrogen-bond acceptors (Lipinski definition) is 3. The van der Waals surface area contributed by atoms with Crippen LogP contribution in [-0.4, -0.2) is 27.2 Å². The van der Waals surface area contributed by atoms with Crippen LogP contribution in [0.5, 0.6) is 0 Å². The third kappa shape index (κ3) is 2.77. The van der Waals surface area contributed by atoms with Crippen molar-refractivity contribution in [2.24, 2.45) is 0 Å². The van der Waals surface area contributed by atoms with Gasteiger partial charge in [-0.1, -0.05) is 23.7 Å². The number of aromatic carboxylic acids is 1. The third-order valence-electron chi connectivity index (χ3n) is 2.27. The van der Waals surface area contributed by atoms with Crippen molar-refractivity contribution in [3.8, 4) is 0 Å². The topological polar surface area (TPSA) is 95.1 Å². The number of carboxylic acid groups (broad SMARTS) is 1. The van der Waals surface area contributed by atoms with Gasteiger partial charge in [-0.3, -0.25) is 9.89 Å². The first kappa shape index (κ1) is 13.6. The number of nitrogens with one attached hydrogen (secondary N) is 2. The Morgan fingerprint density at radius 3 is 2.63 bits per heavy atom. The highest BCUT2D eigenvalue weighted by Gasteiger charge is 2.19. The van der Waals surface area contributed by atoms with E-state index in [0.29, 0.717) is 5.02 Å². The van der Waals surface area contributed by atoms with Gasteiger partial charge in [0, 0.05) is 0 Å². The zero-order valence-electron chi connectivity index (χ0n) is 9.28. The van der Waals surface area contributed by atoms with E-state index in [-0.39, 0.29) is 21.5 Å². The molecule has 0 bridgehead atoms. The molecule has 1 aromatic heterocycles. The second kappa shape index (κ2) is 5.41. The lowest BCUT2D eigenvalue weighted by atomic mass is 10.2. The van der Waals surface area contributed by atoms with Crippen LogP contribution in [0.15, 0.2) is 28.7 Å². The lowest BCUT2D eigenvalue weighted by Crippen LogP contribution is -2.13. The van der Waals surface area contributed by atoms with E-state index in [0.717, 1.165) is 0 Å². The first-order valence-corrected chi connectivity index (χ1v) is 6.21. The molecule has 0 radical (unpaired) electrons. The molecule has 0 spiro atoms. The van der Waals surface area contributed by atoms with Gasteiger partial charge < -0.3 is 10.4 Å². The van der Waals surface area contributed by atoms with E-state index in [1.807, 2.05) is 0 Å². The maximum Gasteiger partial charge on any atom is 0.355 e. The van der Waals surface area contributed by atoms with Crippen LogP contribution in [0.3, 0.4) is 0 Å². The number of carboxylic acids is 1. The second-order valence-electron chi connectivity index (χ2n) is 3.50. The van der Waals surface area contributed by atoms with Crippen molar-refractivity contribution in [3.63, 3.8) is 0 Å². The number of carbonyl (C=O) groups excluding carboxylic acids is 1. The Hall–Kier alpha value is -1.86. The van der Waals surface area contributed by atoms with Crippen molar-refractivity contribution >= 4 is 45.2 Å². The number of H-pyrrole nitrogens is 1. The van der Waals surface area contributed by atoms with E-state index < -0.39 is 11.9 Å². The van der Waals surface area contributed by atoms with Gasteiger partial charge >= 0.3 is 5.97 Å². The quantitative estimate of drug-likeness (QED) is 0.798. The molecule has 0 fully saturated rings. The summed E-state index contributed by atoms with van der Waals surface area (Å²) >= 11 is 8.94. The van der Waals surface area contributed by atoms with Crippen LogP contribution in [0.2, 0.25) is 5.02 Å². The number of aromatic nitrogens is 2. The largest absolute Gasteiger partial charge is 0.476 e. The summed E-state index contributed by atoms with van der Waals surface area (Å²) in [6.45, 7) is 0. The zero-order valence-corrected chi connectivity index (χ0v) is 11.6. The van der Waals surface area contributed by atoms with E-state index >= 15 is 0 Å². The molecule has 19 heavy (non-hydrogen) atoms. The lowest BCUT2D eigenvalue weighted by Gasteiger charge is -2.04. The first-order chi connectivity index (χ1) is 9.00. The first-order valence-electron chi connectivity index (χ1n) is 5.03. The number of carbonyl (C=O) groups is 2. The number of aromatic amines is 1. The van der Waals surface area contributed by atoms with Gasteiger partial charge in [-0.15, -0.1) is 0 Å². The average molecular weight is 345 g/mol. The molecule has 1 aromatic carbocycles. The zero-order chi connectivity index (χ0) is 14.0. The van der Waals surface area contributed by atoms with Crippen molar-refractivity contribution in [2.45, 2.75) is 0 Å². The highest BCUT2D eigenvalue weighted by molar-refractivity contribution is 9.10. The number of rotatable bonds is 3. The molecule has 8 heteroatoms. The van der Waals surface area contributed by atoms with Crippen LogP contribution in [0.1, 0.15) is 20.8 Å². The van der Waals surface area contributed by atoms with Crippen LogP contribution in [-0.2, 0) is 0 Å². The summed E-state index contributed by atoms with van der Waals surface area (Å²) in [5, 5.41) is 17.6. The van der Waals surface area contributed by atoms with Gasteiger partial charge in [0.05, 0.1) is 15.1 Å². The normalized spacial score (nSPS) is 10.2. The fraction of sp³-hybridized carbons (Fsp3) is 0. The molecule has 0 aliphatic heterocycles. The number of hydrogen-bond donors (Lipinski definition) is 3. The summed E-state index contributed by atoms with van der Waals surface area (Å²) in [7, 11) is 0. The number of nitrogens with zero attached hydrogens (tertiary/aromatic N) is 1. The Labute approximate surface area is 120 Å². The van der Waals surface area contributed by atoms with Gasteiger partial charge in [0.1, 0.15) is 0 Å². The highest BCUT2D eigenvalue weighted by Crippen LogP contribution is 2.25. The Morgan fingerprint density at radius 2 is 2.05 bits per heavy atom. The molecule has 6 nitrogen and oxygen atoms in total. The van der Waals surface area contributed by atoms with E-state index in [4.69, 9.17) is 16.7 Å².